The van der Waals surface area contributed by atoms with Crippen LogP contribution in [0.5, 0.6) is 0 Å². The first-order valence-electron chi connectivity index (χ1n) is 9.08. The molecule has 2 fully saturated rings. The maximum Gasteiger partial charge on any atom is 0.451 e. The largest absolute Gasteiger partial charge is 0.480 e. The quantitative estimate of drug-likeness (QED) is 0.201. The van der Waals surface area contributed by atoms with Crippen LogP contribution in [0.2, 0.25) is 6.32 Å². The Morgan fingerprint density at radius 1 is 1.30 bits per heavy atom. The van der Waals surface area contributed by atoms with E-state index in [1.54, 1.807) is 4.90 Å². The molecule has 0 aromatic heterocycles. The van der Waals surface area contributed by atoms with Crippen molar-refractivity contribution in [1.29, 1.82) is 0 Å². The van der Waals surface area contributed by atoms with E-state index in [1.807, 2.05) is 0 Å². The summed E-state index contributed by atoms with van der Waals surface area (Å²) in [5.74, 6) is -1.68. The van der Waals surface area contributed by atoms with Gasteiger partial charge >= 0.3 is 13.1 Å². The molecule has 2 atom stereocenters. The summed E-state index contributed by atoms with van der Waals surface area (Å²) >= 11 is 0. The molecule has 0 bridgehead atoms. The summed E-state index contributed by atoms with van der Waals surface area (Å²) < 4.78 is 0. The first-order valence-corrected chi connectivity index (χ1v) is 9.08. The minimum atomic E-state index is -1.58. The second-order valence-electron chi connectivity index (χ2n) is 7.83. The van der Waals surface area contributed by atoms with E-state index in [4.69, 9.17) is 21.5 Å². The van der Waals surface area contributed by atoms with Crippen molar-refractivity contribution in [1.82, 2.24) is 0 Å². The lowest BCUT2D eigenvalue weighted by Crippen LogP contribution is -2.55. The van der Waals surface area contributed by atoms with Crippen LogP contribution in [0.25, 0.3) is 0 Å². The minimum Gasteiger partial charge on any atom is -0.480 e. The van der Waals surface area contributed by atoms with E-state index in [2.05, 4.69) is 5.32 Å². The normalized spacial score (nSPS) is 26.4. The van der Waals surface area contributed by atoms with E-state index in [0.717, 1.165) is 12.8 Å². The lowest BCUT2D eigenvalue weighted by atomic mass is 9.78. The number of nitrogens with zero attached hydrogens (tertiary/aromatic N) is 1. The van der Waals surface area contributed by atoms with Crippen LogP contribution in [0.1, 0.15) is 25.7 Å². The van der Waals surface area contributed by atoms with Crippen LogP contribution in [0, 0.1) is 5.92 Å². The van der Waals surface area contributed by atoms with E-state index in [-0.39, 0.29) is 36.3 Å². The average Bonchev–Trinajstić information content (AvgIpc) is 3.31. The Labute approximate surface area is 156 Å². The van der Waals surface area contributed by atoms with Gasteiger partial charge in [0.2, 0.25) is 0 Å². The molecule has 1 aromatic carbocycles. The molecule has 0 radical (unpaired) electrons. The zero-order valence-electron chi connectivity index (χ0n) is 15.0. The lowest BCUT2D eigenvalue weighted by Gasteiger charge is -2.27. The Hall–Kier alpha value is -1.95. The predicted molar refractivity (Wildman–Crippen MR) is 100 cm³/mol. The third-order valence-corrected chi connectivity index (χ3v) is 5.87. The third-order valence-electron chi connectivity index (χ3n) is 5.87. The maximum atomic E-state index is 12.2. The SMILES string of the molecule is NCC1(Nc2c(N3C[C@H](CCCB(O)O)[C@](N)(C(=O)O)C3)c(=O)c2=O)CC1. The predicted octanol–water partition coefficient (Wildman–Crippen LogP) is -2.34. The molecule has 8 N–H and O–H groups in total. The van der Waals surface area contributed by atoms with Crippen molar-refractivity contribution in [2.45, 2.75) is 43.1 Å². The Kier molecular flexibility index (Phi) is 5.06. The fourth-order valence-electron chi connectivity index (χ4n) is 3.84. The molecule has 0 spiro atoms. The number of nitrogens with two attached hydrogens (primary N) is 2. The number of nitrogens with one attached hydrogen (secondary N) is 1. The number of aliphatic carboxylic acids is 1. The van der Waals surface area contributed by atoms with Gasteiger partial charge in [-0.05, 0) is 25.6 Å². The van der Waals surface area contributed by atoms with Gasteiger partial charge < -0.3 is 36.8 Å². The zero-order chi connectivity index (χ0) is 20.0. The van der Waals surface area contributed by atoms with E-state index in [1.165, 1.54) is 0 Å². The molecule has 1 aliphatic carbocycles. The molecule has 1 aliphatic heterocycles. The van der Waals surface area contributed by atoms with Crippen molar-refractivity contribution in [3.8, 4) is 0 Å². The van der Waals surface area contributed by atoms with E-state index >= 15 is 0 Å². The maximum absolute atomic E-state index is 12.2. The van der Waals surface area contributed by atoms with Gasteiger partial charge in [-0.3, -0.25) is 14.4 Å². The summed E-state index contributed by atoms with van der Waals surface area (Å²) in [4.78, 5) is 37.5. The van der Waals surface area contributed by atoms with Crippen LogP contribution in [0.3, 0.4) is 0 Å². The second-order valence-corrected chi connectivity index (χ2v) is 7.83. The Morgan fingerprint density at radius 2 is 1.96 bits per heavy atom. The molecule has 10 nitrogen and oxygen atoms in total. The van der Waals surface area contributed by atoms with Gasteiger partial charge in [0, 0.05) is 31.1 Å². The molecule has 27 heavy (non-hydrogen) atoms. The Balaban J connectivity index is 1.80. The average molecular weight is 380 g/mol. The number of anilines is 2. The first-order chi connectivity index (χ1) is 12.6. The van der Waals surface area contributed by atoms with Crippen molar-refractivity contribution >= 4 is 24.5 Å². The molecule has 3 rings (SSSR count). The summed E-state index contributed by atoms with van der Waals surface area (Å²) in [5.41, 5.74) is 9.03. The van der Waals surface area contributed by atoms with Crippen LogP contribution in [0.4, 0.5) is 11.4 Å². The molecule has 1 aromatic rings. The summed E-state index contributed by atoms with van der Waals surface area (Å²) in [7, 11) is -1.46. The Bertz CT molecular complexity index is 803. The number of carbonyl (C=O) groups is 1. The summed E-state index contributed by atoms with van der Waals surface area (Å²) in [6.45, 7) is 0.455. The highest BCUT2D eigenvalue weighted by atomic mass is 16.4. The summed E-state index contributed by atoms with van der Waals surface area (Å²) in [6.07, 6.45) is 2.48. The highest BCUT2D eigenvalue weighted by Crippen LogP contribution is 2.41. The van der Waals surface area contributed by atoms with Crippen molar-refractivity contribution in [3.63, 3.8) is 0 Å². The van der Waals surface area contributed by atoms with Gasteiger partial charge in [0.15, 0.2) is 0 Å². The van der Waals surface area contributed by atoms with Crippen LogP contribution in [-0.4, -0.2) is 59.0 Å². The van der Waals surface area contributed by atoms with Crippen molar-refractivity contribution in [2.75, 3.05) is 29.9 Å². The van der Waals surface area contributed by atoms with Gasteiger partial charge in [0.25, 0.3) is 10.9 Å². The smallest absolute Gasteiger partial charge is 0.451 e. The molecular formula is C16H25BN4O6. The van der Waals surface area contributed by atoms with Crippen molar-refractivity contribution < 1.29 is 19.9 Å². The van der Waals surface area contributed by atoms with Gasteiger partial charge in [-0.15, -0.1) is 0 Å². The molecule has 0 amide bonds. The lowest BCUT2D eigenvalue weighted by molar-refractivity contribution is -0.144. The molecular weight excluding hydrogens is 355 g/mol. The topological polar surface area (TPSA) is 179 Å². The highest BCUT2D eigenvalue weighted by Gasteiger charge is 2.51. The first kappa shape index (κ1) is 19.8. The third kappa shape index (κ3) is 3.47. The van der Waals surface area contributed by atoms with Crippen LogP contribution in [-0.2, 0) is 4.79 Å². The minimum absolute atomic E-state index is 0.0934. The van der Waals surface area contributed by atoms with E-state index in [9.17, 15) is 19.5 Å². The fraction of sp³-hybridized carbons (Fsp3) is 0.688. The molecule has 2 aliphatic rings. The molecule has 0 unspecified atom stereocenters. The van der Waals surface area contributed by atoms with Gasteiger partial charge in [-0.1, -0.05) is 6.42 Å². The van der Waals surface area contributed by atoms with Gasteiger partial charge in [-0.2, -0.15) is 0 Å². The van der Waals surface area contributed by atoms with Gasteiger partial charge in [0.1, 0.15) is 16.9 Å². The van der Waals surface area contributed by atoms with Crippen LogP contribution >= 0.6 is 0 Å². The van der Waals surface area contributed by atoms with Crippen LogP contribution in [0.15, 0.2) is 9.59 Å². The molecule has 148 valence electrons. The van der Waals surface area contributed by atoms with Crippen molar-refractivity contribution in [3.05, 3.63) is 20.4 Å². The summed E-state index contributed by atoms with van der Waals surface area (Å²) in [6, 6.07) is 0. The fourth-order valence-corrected chi connectivity index (χ4v) is 3.84. The number of carboxylic acids is 1. The van der Waals surface area contributed by atoms with E-state index < -0.39 is 35.4 Å². The monoisotopic (exact) mass is 380 g/mol. The Morgan fingerprint density at radius 3 is 2.48 bits per heavy atom. The highest BCUT2D eigenvalue weighted by molar-refractivity contribution is 6.40. The number of hydrogen-bond donors (Lipinski definition) is 6. The summed E-state index contributed by atoms with van der Waals surface area (Å²) in [5, 5.41) is 30.6. The number of rotatable bonds is 9. The van der Waals surface area contributed by atoms with Crippen LogP contribution < -0.4 is 32.5 Å². The van der Waals surface area contributed by atoms with Gasteiger partial charge in [-0.25, -0.2) is 0 Å². The second kappa shape index (κ2) is 6.90. The zero-order valence-corrected chi connectivity index (χ0v) is 15.0. The van der Waals surface area contributed by atoms with Gasteiger partial charge in [0.05, 0.1) is 0 Å². The molecule has 11 heteroatoms. The van der Waals surface area contributed by atoms with E-state index in [0.29, 0.717) is 19.4 Å². The number of carboxylic acid groups (broad SMARTS) is 1. The number of hydrogen-bond acceptors (Lipinski definition) is 9. The standard InChI is InChI=1S/C16H25BN4O6/c18-7-15(3-4-15)20-10-11(13(23)12(10)22)21-6-9(2-1-5-17(26)27)16(19,8-21)14(24)25/h9,20,26-27H,1-8,18-19H2,(H,24,25)/t9-,16-/m0/s1. The molecule has 1 saturated carbocycles. The molecule has 1 saturated heterocycles. The van der Waals surface area contributed by atoms with Crippen molar-refractivity contribution in [2.24, 2.45) is 17.4 Å². The molecule has 1 heterocycles.